The van der Waals surface area contributed by atoms with E-state index in [4.69, 9.17) is 5.73 Å². The zero-order chi connectivity index (χ0) is 13.0. The molecule has 0 aliphatic heterocycles. The van der Waals surface area contributed by atoms with Gasteiger partial charge in [0, 0.05) is 35.3 Å². The van der Waals surface area contributed by atoms with Crippen LogP contribution in [0.25, 0.3) is 0 Å². The predicted octanol–water partition coefficient (Wildman–Crippen LogP) is 1.97. The summed E-state index contributed by atoms with van der Waals surface area (Å²) in [6.45, 7) is 2.80. The molecule has 0 spiro atoms. The Kier molecular flexibility index (Phi) is 4.15. The number of aromatic nitrogens is 2. The molecule has 18 heavy (non-hydrogen) atoms. The fourth-order valence-electron chi connectivity index (χ4n) is 1.77. The van der Waals surface area contributed by atoms with Gasteiger partial charge in [-0.3, -0.25) is 4.21 Å². The molecule has 0 saturated heterocycles. The first-order valence-electron chi connectivity index (χ1n) is 5.87. The maximum atomic E-state index is 12.2. The molecule has 1 unspecified atom stereocenters. The number of anilines is 1. The van der Waals surface area contributed by atoms with E-state index in [-0.39, 0.29) is 0 Å². The van der Waals surface area contributed by atoms with Gasteiger partial charge in [-0.05, 0) is 31.0 Å². The fourth-order valence-corrected chi connectivity index (χ4v) is 3.08. The zero-order valence-electron chi connectivity index (χ0n) is 10.4. The largest absolute Gasteiger partial charge is 0.399 e. The summed E-state index contributed by atoms with van der Waals surface area (Å²) in [4.78, 5) is 4.82. The molecule has 2 N–H and O–H groups in total. The topological polar surface area (TPSA) is 60.9 Å². The van der Waals surface area contributed by atoms with Crippen molar-refractivity contribution in [3.05, 3.63) is 42.5 Å². The van der Waals surface area contributed by atoms with Crippen molar-refractivity contribution < 1.29 is 4.21 Å². The van der Waals surface area contributed by atoms with E-state index in [1.165, 1.54) is 0 Å². The smallest absolute Gasteiger partial charge is 0.0945 e. The highest BCUT2D eigenvalue weighted by Gasteiger charge is 2.07. The molecule has 96 valence electrons. The number of nitrogen functional groups attached to an aromatic ring is 1. The number of rotatable bonds is 5. The summed E-state index contributed by atoms with van der Waals surface area (Å²) in [5, 5.41) is 0. The molecule has 0 fully saturated rings. The van der Waals surface area contributed by atoms with Crippen LogP contribution in [0.3, 0.4) is 0 Å². The van der Waals surface area contributed by atoms with Crippen LogP contribution in [0.2, 0.25) is 0 Å². The molecule has 2 rings (SSSR count). The third kappa shape index (κ3) is 3.20. The van der Waals surface area contributed by atoms with Gasteiger partial charge in [-0.15, -0.1) is 0 Å². The Labute approximate surface area is 109 Å². The lowest BCUT2D eigenvalue weighted by Gasteiger charge is -2.07. The van der Waals surface area contributed by atoms with E-state index in [0.717, 1.165) is 23.4 Å². The Balaban J connectivity index is 1.93. The Hall–Kier alpha value is -1.62. The summed E-state index contributed by atoms with van der Waals surface area (Å²) in [6.07, 6.45) is 6.29. The summed E-state index contributed by atoms with van der Waals surface area (Å²) < 4.78 is 14.2. The summed E-state index contributed by atoms with van der Waals surface area (Å²) in [6, 6.07) is 5.56. The number of aryl methyl sites for hydroxylation is 2. The highest BCUT2D eigenvalue weighted by atomic mass is 32.2. The zero-order valence-corrected chi connectivity index (χ0v) is 11.2. The first kappa shape index (κ1) is 12.8. The minimum Gasteiger partial charge on any atom is -0.399 e. The van der Waals surface area contributed by atoms with Crippen LogP contribution in [0, 0.1) is 6.92 Å². The first-order valence-corrected chi connectivity index (χ1v) is 7.19. The molecule has 0 aliphatic rings. The molecular weight excluding hydrogens is 246 g/mol. The van der Waals surface area contributed by atoms with Crippen LogP contribution in [-0.4, -0.2) is 19.5 Å². The second-order valence-corrected chi connectivity index (χ2v) is 5.77. The van der Waals surface area contributed by atoms with Crippen LogP contribution in [0.4, 0.5) is 5.69 Å². The van der Waals surface area contributed by atoms with Gasteiger partial charge in [-0.25, -0.2) is 4.98 Å². The second kappa shape index (κ2) is 5.82. The average Bonchev–Trinajstić information content (AvgIpc) is 2.85. The number of nitrogens with zero attached hydrogens (tertiary/aromatic N) is 2. The molecule has 1 aromatic carbocycles. The van der Waals surface area contributed by atoms with Crippen molar-refractivity contribution in [3.8, 4) is 0 Å². The highest BCUT2D eigenvalue weighted by molar-refractivity contribution is 7.85. The molecule has 0 aliphatic carbocycles. The quantitative estimate of drug-likeness (QED) is 0.839. The Bertz CT molecular complexity index is 537. The van der Waals surface area contributed by atoms with Gasteiger partial charge in [0.2, 0.25) is 0 Å². The van der Waals surface area contributed by atoms with Crippen LogP contribution in [0.5, 0.6) is 0 Å². The molecule has 1 atom stereocenters. The van der Waals surface area contributed by atoms with Gasteiger partial charge in [-0.1, -0.05) is 6.07 Å². The van der Waals surface area contributed by atoms with Gasteiger partial charge in [0.15, 0.2) is 0 Å². The number of benzene rings is 1. The molecule has 0 saturated carbocycles. The van der Waals surface area contributed by atoms with E-state index < -0.39 is 10.8 Å². The van der Waals surface area contributed by atoms with Crippen molar-refractivity contribution in [2.24, 2.45) is 0 Å². The summed E-state index contributed by atoms with van der Waals surface area (Å²) in [7, 11) is -0.981. The minimum atomic E-state index is -0.981. The number of nitrogens with two attached hydrogens (primary N) is 1. The maximum Gasteiger partial charge on any atom is 0.0945 e. The normalized spacial score (nSPS) is 12.5. The van der Waals surface area contributed by atoms with Crippen molar-refractivity contribution in [3.63, 3.8) is 0 Å². The van der Waals surface area contributed by atoms with Gasteiger partial charge >= 0.3 is 0 Å². The van der Waals surface area contributed by atoms with Crippen molar-refractivity contribution >= 4 is 16.5 Å². The van der Waals surface area contributed by atoms with Crippen LogP contribution < -0.4 is 5.73 Å². The Morgan fingerprint density at radius 1 is 1.44 bits per heavy atom. The average molecular weight is 263 g/mol. The van der Waals surface area contributed by atoms with E-state index in [0.29, 0.717) is 11.4 Å². The molecular formula is C13H17N3OS. The summed E-state index contributed by atoms with van der Waals surface area (Å²) in [5.74, 6) is 0.641. The molecule has 0 bridgehead atoms. The van der Waals surface area contributed by atoms with Gasteiger partial charge in [0.1, 0.15) is 0 Å². The lowest BCUT2D eigenvalue weighted by molar-refractivity contribution is 0.657. The van der Waals surface area contributed by atoms with E-state index in [9.17, 15) is 4.21 Å². The SMILES string of the molecule is Cc1ccc(N)cc1S(=O)CCCn1ccnc1. The van der Waals surface area contributed by atoms with Crippen LogP contribution in [-0.2, 0) is 17.3 Å². The van der Waals surface area contributed by atoms with Crippen molar-refractivity contribution in [2.75, 3.05) is 11.5 Å². The highest BCUT2D eigenvalue weighted by Crippen LogP contribution is 2.17. The van der Waals surface area contributed by atoms with E-state index in [1.807, 2.05) is 35.9 Å². The third-order valence-corrected chi connectivity index (χ3v) is 4.35. The van der Waals surface area contributed by atoms with Crippen LogP contribution >= 0.6 is 0 Å². The van der Waals surface area contributed by atoms with Crippen molar-refractivity contribution in [1.82, 2.24) is 9.55 Å². The molecule has 0 amide bonds. The molecule has 0 radical (unpaired) electrons. The number of imidazole rings is 1. The van der Waals surface area contributed by atoms with Gasteiger partial charge < -0.3 is 10.3 Å². The predicted molar refractivity (Wildman–Crippen MR) is 73.7 cm³/mol. The fraction of sp³-hybridized carbons (Fsp3) is 0.308. The molecule has 1 aromatic heterocycles. The standard InChI is InChI=1S/C13H17N3OS/c1-11-3-4-12(14)9-13(11)18(17)8-2-6-16-7-5-15-10-16/h3-5,7,9-10H,2,6,8,14H2,1H3. The van der Waals surface area contributed by atoms with Crippen molar-refractivity contribution in [2.45, 2.75) is 24.8 Å². The number of hydrogen-bond donors (Lipinski definition) is 1. The Morgan fingerprint density at radius 3 is 3.00 bits per heavy atom. The summed E-state index contributed by atoms with van der Waals surface area (Å²) >= 11 is 0. The number of hydrogen-bond acceptors (Lipinski definition) is 3. The first-order chi connectivity index (χ1) is 8.66. The lowest BCUT2D eigenvalue weighted by Crippen LogP contribution is -2.05. The van der Waals surface area contributed by atoms with Gasteiger partial charge in [0.05, 0.1) is 17.1 Å². The Morgan fingerprint density at radius 2 is 2.28 bits per heavy atom. The van der Waals surface area contributed by atoms with Gasteiger partial charge in [0.25, 0.3) is 0 Å². The maximum absolute atomic E-state index is 12.2. The van der Waals surface area contributed by atoms with Crippen molar-refractivity contribution in [1.29, 1.82) is 0 Å². The third-order valence-electron chi connectivity index (χ3n) is 2.76. The second-order valence-electron chi connectivity index (χ2n) is 4.23. The molecule has 2 aromatic rings. The molecule has 1 heterocycles. The molecule has 5 heteroatoms. The van der Waals surface area contributed by atoms with E-state index in [1.54, 1.807) is 12.5 Å². The van der Waals surface area contributed by atoms with Crippen LogP contribution in [0.1, 0.15) is 12.0 Å². The minimum absolute atomic E-state index is 0.641. The lowest BCUT2D eigenvalue weighted by atomic mass is 10.2. The van der Waals surface area contributed by atoms with E-state index in [2.05, 4.69) is 4.98 Å². The monoisotopic (exact) mass is 263 g/mol. The van der Waals surface area contributed by atoms with Crippen LogP contribution in [0.15, 0.2) is 41.8 Å². The van der Waals surface area contributed by atoms with E-state index >= 15 is 0 Å². The molecule has 4 nitrogen and oxygen atoms in total. The van der Waals surface area contributed by atoms with Gasteiger partial charge in [-0.2, -0.15) is 0 Å². The summed E-state index contributed by atoms with van der Waals surface area (Å²) in [5.41, 5.74) is 7.42.